The van der Waals surface area contributed by atoms with Crippen LogP contribution in [0.1, 0.15) is 29.9 Å². The Kier molecular flexibility index (Phi) is 7.31. The number of nitrogens with zero attached hydrogens (tertiary/aromatic N) is 4. The molecule has 12 heteroatoms. The molecule has 0 radical (unpaired) electrons. The standard InChI is InChI=1S/C24H25ClF4N4O3/c1-31(23(35)36)20-13-33(12-17(20)15-2-4-18(25)19(26)10-15)22(34)14-6-8-32(9-7-14)21-5-3-16(11-30-21)24(27,28)29/h2-5,10-11,14,17,20H,6-9,12-13H2,1H3,(H,35,36)/t17-,20+/m0/s1. The molecule has 2 amide bonds. The first-order valence-electron chi connectivity index (χ1n) is 11.4. The lowest BCUT2D eigenvalue weighted by atomic mass is 9.93. The summed E-state index contributed by atoms with van der Waals surface area (Å²) in [4.78, 5) is 33.5. The van der Waals surface area contributed by atoms with E-state index in [4.69, 9.17) is 11.6 Å². The number of alkyl halides is 3. The summed E-state index contributed by atoms with van der Waals surface area (Å²) in [7, 11) is 1.43. The summed E-state index contributed by atoms with van der Waals surface area (Å²) < 4.78 is 52.5. The smallest absolute Gasteiger partial charge is 0.417 e. The molecule has 1 aromatic heterocycles. The Balaban J connectivity index is 1.43. The number of pyridine rings is 1. The minimum Gasteiger partial charge on any atom is -0.465 e. The second-order valence-corrected chi connectivity index (χ2v) is 9.56. The Hall–Kier alpha value is -3.08. The Morgan fingerprint density at radius 2 is 1.83 bits per heavy atom. The summed E-state index contributed by atoms with van der Waals surface area (Å²) in [6, 6.07) is 6.10. The van der Waals surface area contributed by atoms with Gasteiger partial charge in [-0.3, -0.25) is 4.79 Å². The molecule has 0 bridgehead atoms. The molecular weight excluding hydrogens is 504 g/mol. The van der Waals surface area contributed by atoms with Crippen LogP contribution in [0.4, 0.5) is 28.2 Å². The van der Waals surface area contributed by atoms with Crippen LogP contribution in [0.5, 0.6) is 0 Å². The van der Waals surface area contributed by atoms with Crippen molar-refractivity contribution >= 4 is 29.4 Å². The number of amides is 2. The van der Waals surface area contributed by atoms with Gasteiger partial charge >= 0.3 is 12.3 Å². The third-order valence-electron chi connectivity index (χ3n) is 7.02. The van der Waals surface area contributed by atoms with E-state index in [-0.39, 0.29) is 29.9 Å². The van der Waals surface area contributed by atoms with E-state index in [0.29, 0.717) is 37.3 Å². The van der Waals surface area contributed by atoms with E-state index < -0.39 is 35.6 Å². The van der Waals surface area contributed by atoms with Gasteiger partial charge < -0.3 is 19.8 Å². The molecule has 1 aromatic carbocycles. The largest absolute Gasteiger partial charge is 0.465 e. The Morgan fingerprint density at radius 1 is 1.14 bits per heavy atom. The highest BCUT2D eigenvalue weighted by Crippen LogP contribution is 2.35. The number of likely N-dealkylation sites (tertiary alicyclic amines) is 1. The van der Waals surface area contributed by atoms with E-state index in [0.717, 1.165) is 17.2 Å². The molecule has 2 atom stereocenters. The lowest BCUT2D eigenvalue weighted by Crippen LogP contribution is -2.44. The van der Waals surface area contributed by atoms with Crippen molar-refractivity contribution in [2.24, 2.45) is 5.92 Å². The number of halogens is 5. The maximum absolute atomic E-state index is 14.1. The minimum atomic E-state index is -4.46. The first-order valence-corrected chi connectivity index (χ1v) is 11.8. The van der Waals surface area contributed by atoms with Crippen LogP contribution in [0, 0.1) is 11.7 Å². The van der Waals surface area contributed by atoms with Crippen molar-refractivity contribution in [2.75, 3.05) is 38.1 Å². The van der Waals surface area contributed by atoms with Gasteiger partial charge in [0.1, 0.15) is 11.6 Å². The molecule has 2 aromatic rings. The summed E-state index contributed by atoms with van der Waals surface area (Å²) in [6.45, 7) is 1.32. The molecule has 3 heterocycles. The number of anilines is 1. The van der Waals surface area contributed by atoms with Crippen molar-refractivity contribution in [3.8, 4) is 0 Å². The number of aromatic nitrogens is 1. The zero-order chi connectivity index (χ0) is 26.2. The molecule has 1 N–H and O–H groups in total. The normalized spacial score (nSPS) is 21.1. The van der Waals surface area contributed by atoms with Gasteiger partial charge in [-0.05, 0) is 42.7 Å². The summed E-state index contributed by atoms with van der Waals surface area (Å²) in [5, 5.41) is 9.49. The molecule has 0 saturated carbocycles. The molecule has 0 spiro atoms. The second kappa shape index (κ2) is 10.1. The summed E-state index contributed by atoms with van der Waals surface area (Å²) >= 11 is 5.80. The van der Waals surface area contributed by atoms with Crippen molar-refractivity contribution in [1.82, 2.24) is 14.8 Å². The number of carboxylic acid groups (broad SMARTS) is 1. The van der Waals surface area contributed by atoms with Gasteiger partial charge in [-0.1, -0.05) is 17.7 Å². The van der Waals surface area contributed by atoms with Gasteiger partial charge in [0, 0.05) is 51.3 Å². The highest BCUT2D eigenvalue weighted by molar-refractivity contribution is 6.30. The lowest BCUT2D eigenvalue weighted by Gasteiger charge is -2.34. The molecule has 2 fully saturated rings. The van der Waals surface area contributed by atoms with E-state index >= 15 is 0 Å². The van der Waals surface area contributed by atoms with Gasteiger partial charge in [0.05, 0.1) is 16.6 Å². The minimum absolute atomic E-state index is 0.0397. The zero-order valence-electron chi connectivity index (χ0n) is 19.4. The molecular formula is C24H25ClF4N4O3. The summed E-state index contributed by atoms with van der Waals surface area (Å²) in [5.41, 5.74) is -0.255. The fourth-order valence-electron chi connectivity index (χ4n) is 4.93. The SMILES string of the molecule is CN(C(=O)O)[C@@H]1CN(C(=O)C2CCN(c3ccc(C(F)(F)F)cn3)CC2)C[C@H]1c1ccc(Cl)c(F)c1. The fraction of sp³-hybridized carbons (Fsp3) is 0.458. The van der Waals surface area contributed by atoms with E-state index in [2.05, 4.69) is 4.98 Å². The van der Waals surface area contributed by atoms with E-state index in [1.165, 1.54) is 25.2 Å². The predicted octanol–water partition coefficient (Wildman–Crippen LogP) is 4.71. The molecule has 2 aliphatic heterocycles. The maximum atomic E-state index is 14.1. The van der Waals surface area contributed by atoms with Crippen LogP contribution in [-0.2, 0) is 11.0 Å². The maximum Gasteiger partial charge on any atom is 0.417 e. The Bertz CT molecular complexity index is 1120. The number of benzene rings is 1. The second-order valence-electron chi connectivity index (χ2n) is 9.15. The molecule has 194 valence electrons. The van der Waals surface area contributed by atoms with Crippen molar-refractivity contribution in [3.05, 3.63) is 58.5 Å². The molecule has 4 rings (SSSR count). The van der Waals surface area contributed by atoms with Crippen molar-refractivity contribution < 1.29 is 32.3 Å². The van der Waals surface area contributed by atoms with Gasteiger partial charge in [-0.15, -0.1) is 0 Å². The van der Waals surface area contributed by atoms with Crippen LogP contribution < -0.4 is 4.90 Å². The summed E-state index contributed by atoms with van der Waals surface area (Å²) in [5.74, 6) is -1.04. The topological polar surface area (TPSA) is 77.0 Å². The molecule has 36 heavy (non-hydrogen) atoms. The van der Waals surface area contributed by atoms with Gasteiger partial charge in [-0.2, -0.15) is 13.2 Å². The highest BCUT2D eigenvalue weighted by atomic mass is 35.5. The Morgan fingerprint density at radius 3 is 2.39 bits per heavy atom. The average Bonchev–Trinajstić information content (AvgIpc) is 3.30. The number of hydrogen-bond acceptors (Lipinski definition) is 4. The number of hydrogen-bond donors (Lipinski definition) is 1. The predicted molar refractivity (Wildman–Crippen MR) is 124 cm³/mol. The fourth-order valence-corrected chi connectivity index (χ4v) is 5.04. The van der Waals surface area contributed by atoms with Gasteiger partial charge in [0.2, 0.25) is 5.91 Å². The molecule has 2 aliphatic rings. The van der Waals surface area contributed by atoms with E-state index in [9.17, 15) is 32.3 Å². The molecule has 0 aliphatic carbocycles. The molecule has 7 nitrogen and oxygen atoms in total. The van der Waals surface area contributed by atoms with Gasteiger partial charge in [0.25, 0.3) is 0 Å². The van der Waals surface area contributed by atoms with Gasteiger partial charge in [0.15, 0.2) is 0 Å². The number of rotatable bonds is 4. The lowest BCUT2D eigenvalue weighted by molar-refractivity contribution is -0.138. The summed E-state index contributed by atoms with van der Waals surface area (Å²) in [6.07, 6.45) is -3.83. The zero-order valence-corrected chi connectivity index (χ0v) is 20.1. The highest BCUT2D eigenvalue weighted by Gasteiger charge is 2.42. The van der Waals surface area contributed by atoms with Crippen molar-refractivity contribution in [1.29, 1.82) is 0 Å². The van der Waals surface area contributed by atoms with Crippen LogP contribution in [0.3, 0.4) is 0 Å². The third kappa shape index (κ3) is 5.35. The van der Waals surface area contributed by atoms with Crippen LogP contribution in [0.25, 0.3) is 0 Å². The Labute approximate surface area is 210 Å². The number of likely N-dealkylation sites (N-methyl/N-ethyl adjacent to an activating group) is 1. The van der Waals surface area contributed by atoms with Crippen molar-refractivity contribution in [3.63, 3.8) is 0 Å². The number of carbonyl (C=O) groups excluding carboxylic acids is 1. The van der Waals surface area contributed by atoms with Crippen LogP contribution >= 0.6 is 11.6 Å². The first kappa shape index (κ1) is 26.0. The quantitative estimate of drug-likeness (QED) is 0.581. The monoisotopic (exact) mass is 528 g/mol. The number of carbonyl (C=O) groups is 2. The van der Waals surface area contributed by atoms with E-state index in [1.54, 1.807) is 11.0 Å². The molecule has 2 saturated heterocycles. The van der Waals surface area contributed by atoms with Gasteiger partial charge in [-0.25, -0.2) is 14.2 Å². The average molecular weight is 529 g/mol. The van der Waals surface area contributed by atoms with E-state index in [1.807, 2.05) is 4.90 Å². The van der Waals surface area contributed by atoms with Crippen LogP contribution in [-0.4, -0.2) is 71.2 Å². The number of piperidine rings is 1. The van der Waals surface area contributed by atoms with Crippen molar-refractivity contribution in [2.45, 2.75) is 31.0 Å². The molecule has 0 unspecified atom stereocenters. The van der Waals surface area contributed by atoms with Crippen LogP contribution in [0.15, 0.2) is 36.5 Å². The first-order chi connectivity index (χ1) is 17.0. The third-order valence-corrected chi connectivity index (χ3v) is 7.32. The van der Waals surface area contributed by atoms with Crippen LogP contribution in [0.2, 0.25) is 5.02 Å².